The lowest BCUT2D eigenvalue weighted by Crippen LogP contribution is -2.50. The van der Waals surface area contributed by atoms with Gasteiger partial charge in [-0.1, -0.05) is 6.92 Å². The van der Waals surface area contributed by atoms with E-state index in [0.29, 0.717) is 6.04 Å². The first kappa shape index (κ1) is 10.0. The molecule has 0 bridgehead atoms. The molecule has 0 amide bonds. The van der Waals surface area contributed by atoms with E-state index in [1.54, 1.807) is 0 Å². The van der Waals surface area contributed by atoms with Gasteiger partial charge in [-0.3, -0.25) is 0 Å². The fraction of sp³-hybridized carbons (Fsp3) is 1.00. The van der Waals surface area contributed by atoms with Crippen molar-refractivity contribution in [1.82, 2.24) is 5.32 Å². The van der Waals surface area contributed by atoms with Gasteiger partial charge in [-0.25, -0.2) is 0 Å². The predicted octanol–water partition coefficient (Wildman–Crippen LogP) is 1.94. The van der Waals surface area contributed by atoms with Crippen LogP contribution >= 0.6 is 0 Å². The van der Waals surface area contributed by atoms with Crippen LogP contribution in [-0.4, -0.2) is 24.8 Å². The second-order valence-corrected chi connectivity index (χ2v) is 3.90. The zero-order valence-corrected chi connectivity index (χ0v) is 8.52. The highest BCUT2D eigenvalue weighted by Gasteiger charge is 2.33. The normalized spacial score (nSPS) is 33.2. The molecule has 1 saturated heterocycles. The van der Waals surface area contributed by atoms with Gasteiger partial charge in [0.15, 0.2) is 0 Å². The predicted molar refractivity (Wildman–Crippen MR) is 51.3 cm³/mol. The van der Waals surface area contributed by atoms with Crippen LogP contribution in [0.25, 0.3) is 0 Å². The monoisotopic (exact) mass is 171 g/mol. The van der Waals surface area contributed by atoms with Crippen LogP contribution in [0.2, 0.25) is 0 Å². The Kier molecular flexibility index (Phi) is 3.53. The van der Waals surface area contributed by atoms with Crippen molar-refractivity contribution in [2.45, 2.75) is 51.7 Å². The number of nitrogens with one attached hydrogen (secondary N) is 1. The molecule has 12 heavy (non-hydrogen) atoms. The van der Waals surface area contributed by atoms with E-state index in [1.807, 2.05) is 0 Å². The lowest BCUT2D eigenvalue weighted by molar-refractivity contribution is -0.0844. The highest BCUT2D eigenvalue weighted by Crippen LogP contribution is 2.27. The SMILES string of the molecule is CCNC(C)C1(C)CCCCO1. The largest absolute Gasteiger partial charge is 0.374 e. The van der Waals surface area contributed by atoms with E-state index in [2.05, 4.69) is 26.1 Å². The molecule has 0 saturated carbocycles. The van der Waals surface area contributed by atoms with Gasteiger partial charge in [-0.05, 0) is 39.7 Å². The van der Waals surface area contributed by atoms with Gasteiger partial charge in [-0.15, -0.1) is 0 Å². The minimum absolute atomic E-state index is 0.0776. The third kappa shape index (κ3) is 2.20. The number of ether oxygens (including phenoxy) is 1. The Morgan fingerprint density at radius 1 is 1.50 bits per heavy atom. The molecule has 1 heterocycles. The van der Waals surface area contributed by atoms with Gasteiger partial charge in [0.1, 0.15) is 0 Å². The molecule has 2 atom stereocenters. The first-order chi connectivity index (χ1) is 5.69. The molecule has 1 aliphatic rings. The molecule has 72 valence electrons. The average molecular weight is 171 g/mol. The number of hydrogen-bond acceptors (Lipinski definition) is 2. The second kappa shape index (κ2) is 4.24. The van der Waals surface area contributed by atoms with Crippen LogP contribution in [-0.2, 0) is 4.74 Å². The van der Waals surface area contributed by atoms with Gasteiger partial charge in [0.2, 0.25) is 0 Å². The molecule has 2 heteroatoms. The molecule has 0 radical (unpaired) electrons. The van der Waals surface area contributed by atoms with Crippen molar-refractivity contribution >= 4 is 0 Å². The third-order valence-corrected chi connectivity index (χ3v) is 2.93. The Hall–Kier alpha value is -0.0800. The highest BCUT2D eigenvalue weighted by molar-refractivity contribution is 4.88. The zero-order valence-electron chi connectivity index (χ0n) is 8.52. The summed E-state index contributed by atoms with van der Waals surface area (Å²) < 4.78 is 5.82. The molecule has 0 spiro atoms. The zero-order chi connectivity index (χ0) is 9.03. The Morgan fingerprint density at radius 2 is 2.25 bits per heavy atom. The van der Waals surface area contributed by atoms with Crippen molar-refractivity contribution in [3.63, 3.8) is 0 Å². The van der Waals surface area contributed by atoms with Crippen LogP contribution in [0.4, 0.5) is 0 Å². The van der Waals surface area contributed by atoms with Crippen molar-refractivity contribution in [2.75, 3.05) is 13.2 Å². The topological polar surface area (TPSA) is 21.3 Å². The quantitative estimate of drug-likeness (QED) is 0.700. The van der Waals surface area contributed by atoms with Gasteiger partial charge in [0.25, 0.3) is 0 Å². The maximum Gasteiger partial charge on any atom is 0.0804 e. The Balaban J connectivity index is 2.44. The van der Waals surface area contributed by atoms with Crippen LogP contribution in [0.15, 0.2) is 0 Å². The van der Waals surface area contributed by atoms with E-state index in [0.717, 1.165) is 13.2 Å². The standard InChI is InChI=1S/C10H21NO/c1-4-11-9(2)10(3)7-5-6-8-12-10/h9,11H,4-8H2,1-3H3. The van der Waals surface area contributed by atoms with Crippen molar-refractivity contribution in [3.8, 4) is 0 Å². The first-order valence-corrected chi connectivity index (χ1v) is 5.06. The van der Waals surface area contributed by atoms with Crippen molar-refractivity contribution < 1.29 is 4.74 Å². The third-order valence-electron chi connectivity index (χ3n) is 2.93. The van der Waals surface area contributed by atoms with Gasteiger partial charge in [-0.2, -0.15) is 0 Å². The van der Waals surface area contributed by atoms with Crippen molar-refractivity contribution in [2.24, 2.45) is 0 Å². The lowest BCUT2D eigenvalue weighted by atomic mass is 9.89. The molecule has 2 nitrogen and oxygen atoms in total. The van der Waals surface area contributed by atoms with Crippen LogP contribution in [0.1, 0.15) is 40.0 Å². The first-order valence-electron chi connectivity index (χ1n) is 5.06. The summed E-state index contributed by atoms with van der Waals surface area (Å²) in [4.78, 5) is 0. The van der Waals surface area contributed by atoms with E-state index >= 15 is 0 Å². The maximum atomic E-state index is 5.82. The van der Waals surface area contributed by atoms with E-state index < -0.39 is 0 Å². The number of hydrogen-bond donors (Lipinski definition) is 1. The van der Waals surface area contributed by atoms with Gasteiger partial charge >= 0.3 is 0 Å². The molecule has 1 fully saturated rings. The van der Waals surface area contributed by atoms with Crippen LogP contribution in [0, 0.1) is 0 Å². The summed E-state index contributed by atoms with van der Waals surface area (Å²) in [6.45, 7) is 8.54. The molecule has 1 rings (SSSR count). The molecular formula is C10H21NO. The van der Waals surface area contributed by atoms with E-state index in [9.17, 15) is 0 Å². The number of likely N-dealkylation sites (N-methyl/N-ethyl adjacent to an activating group) is 1. The van der Waals surface area contributed by atoms with E-state index in [4.69, 9.17) is 4.74 Å². The highest BCUT2D eigenvalue weighted by atomic mass is 16.5. The fourth-order valence-corrected chi connectivity index (χ4v) is 1.82. The van der Waals surface area contributed by atoms with E-state index in [1.165, 1.54) is 19.3 Å². The lowest BCUT2D eigenvalue weighted by Gasteiger charge is -2.39. The summed E-state index contributed by atoms with van der Waals surface area (Å²) in [6, 6.07) is 0.475. The second-order valence-electron chi connectivity index (χ2n) is 3.90. The summed E-state index contributed by atoms with van der Waals surface area (Å²) >= 11 is 0. The average Bonchev–Trinajstić information content (AvgIpc) is 2.06. The summed E-state index contributed by atoms with van der Waals surface area (Å²) in [5.41, 5.74) is 0.0776. The van der Waals surface area contributed by atoms with Crippen LogP contribution in [0.3, 0.4) is 0 Å². The van der Waals surface area contributed by atoms with Crippen LogP contribution in [0.5, 0.6) is 0 Å². The summed E-state index contributed by atoms with van der Waals surface area (Å²) in [6.07, 6.45) is 3.74. The molecular weight excluding hydrogens is 150 g/mol. The Bertz CT molecular complexity index is 130. The van der Waals surface area contributed by atoms with Gasteiger partial charge in [0.05, 0.1) is 5.60 Å². The molecule has 0 aromatic heterocycles. The Labute approximate surface area is 75.7 Å². The van der Waals surface area contributed by atoms with Gasteiger partial charge < -0.3 is 10.1 Å². The van der Waals surface area contributed by atoms with Gasteiger partial charge in [0, 0.05) is 12.6 Å². The minimum Gasteiger partial charge on any atom is -0.374 e. The molecule has 2 unspecified atom stereocenters. The summed E-state index contributed by atoms with van der Waals surface area (Å²) in [5.74, 6) is 0. The maximum absolute atomic E-state index is 5.82. The van der Waals surface area contributed by atoms with Crippen LogP contribution < -0.4 is 5.32 Å². The molecule has 0 aliphatic carbocycles. The molecule has 1 N–H and O–H groups in total. The van der Waals surface area contributed by atoms with E-state index in [-0.39, 0.29) is 5.60 Å². The van der Waals surface area contributed by atoms with Crippen molar-refractivity contribution in [1.29, 1.82) is 0 Å². The molecule has 1 aliphatic heterocycles. The van der Waals surface area contributed by atoms with Crippen molar-refractivity contribution in [3.05, 3.63) is 0 Å². The number of rotatable bonds is 3. The fourth-order valence-electron chi connectivity index (χ4n) is 1.82. The minimum atomic E-state index is 0.0776. The summed E-state index contributed by atoms with van der Waals surface area (Å²) in [7, 11) is 0. The molecule has 0 aromatic rings. The Morgan fingerprint density at radius 3 is 2.75 bits per heavy atom. The molecule has 0 aromatic carbocycles. The smallest absolute Gasteiger partial charge is 0.0804 e. The summed E-state index contributed by atoms with van der Waals surface area (Å²) in [5, 5.41) is 3.43.